The smallest absolute Gasteiger partial charge is 0.151 e. The molecule has 0 atom stereocenters. The van der Waals surface area contributed by atoms with Crippen LogP contribution in [0.5, 0.6) is 0 Å². The van der Waals surface area contributed by atoms with Crippen LogP contribution in [-0.4, -0.2) is 18.9 Å². The van der Waals surface area contributed by atoms with Crippen LogP contribution in [0.25, 0.3) is 11.1 Å². The second-order valence-electron chi connectivity index (χ2n) is 3.75. The summed E-state index contributed by atoms with van der Waals surface area (Å²) in [7, 11) is 0. The van der Waals surface area contributed by atoms with E-state index < -0.39 is 0 Å². The van der Waals surface area contributed by atoms with Gasteiger partial charge in [0.15, 0.2) is 18.9 Å². The average molecular weight is 238 g/mol. The van der Waals surface area contributed by atoms with Crippen LogP contribution in [0.2, 0.25) is 0 Å². The van der Waals surface area contributed by atoms with Gasteiger partial charge in [-0.25, -0.2) is 0 Å². The van der Waals surface area contributed by atoms with Crippen molar-refractivity contribution < 1.29 is 14.4 Å². The number of rotatable bonds is 4. The van der Waals surface area contributed by atoms with E-state index in [1.54, 1.807) is 42.5 Å². The summed E-state index contributed by atoms with van der Waals surface area (Å²) in [5.41, 5.74) is 2.37. The summed E-state index contributed by atoms with van der Waals surface area (Å²) < 4.78 is 0. The zero-order valence-electron chi connectivity index (χ0n) is 9.50. The molecule has 0 saturated heterocycles. The third-order valence-electron chi connectivity index (χ3n) is 2.76. The fraction of sp³-hybridized carbons (Fsp3) is 0. The standard InChI is InChI=1S/C15H10O3/c16-8-11-4-1-2-6-13(11)14-7-3-5-12(9-17)15(14)10-18/h1-10H. The van der Waals surface area contributed by atoms with E-state index in [0.717, 1.165) is 6.29 Å². The highest BCUT2D eigenvalue weighted by molar-refractivity contribution is 6.00. The molecule has 0 fully saturated rings. The molecule has 18 heavy (non-hydrogen) atoms. The molecule has 0 saturated carbocycles. The van der Waals surface area contributed by atoms with Crippen molar-refractivity contribution >= 4 is 18.9 Å². The van der Waals surface area contributed by atoms with E-state index in [9.17, 15) is 14.4 Å². The first-order valence-electron chi connectivity index (χ1n) is 5.39. The molecule has 0 bridgehead atoms. The highest BCUT2D eigenvalue weighted by Crippen LogP contribution is 2.27. The SMILES string of the molecule is O=Cc1ccccc1-c1cccc(C=O)c1C=O. The van der Waals surface area contributed by atoms with Gasteiger partial charge >= 0.3 is 0 Å². The monoisotopic (exact) mass is 238 g/mol. The summed E-state index contributed by atoms with van der Waals surface area (Å²) in [6, 6.07) is 11.9. The zero-order valence-corrected chi connectivity index (χ0v) is 9.50. The van der Waals surface area contributed by atoms with E-state index in [1.165, 1.54) is 0 Å². The van der Waals surface area contributed by atoms with Gasteiger partial charge in [-0.2, -0.15) is 0 Å². The lowest BCUT2D eigenvalue weighted by atomic mass is 9.94. The van der Waals surface area contributed by atoms with Crippen LogP contribution in [0.15, 0.2) is 42.5 Å². The number of hydrogen-bond donors (Lipinski definition) is 0. The Bertz CT molecular complexity index is 615. The molecular formula is C15H10O3. The van der Waals surface area contributed by atoms with Crippen molar-refractivity contribution in [2.75, 3.05) is 0 Å². The lowest BCUT2D eigenvalue weighted by molar-refractivity contribution is 0.109. The van der Waals surface area contributed by atoms with E-state index in [4.69, 9.17) is 0 Å². The maximum atomic E-state index is 11.1. The van der Waals surface area contributed by atoms with E-state index >= 15 is 0 Å². The van der Waals surface area contributed by atoms with E-state index in [-0.39, 0.29) is 0 Å². The first-order chi connectivity index (χ1) is 8.81. The number of benzene rings is 2. The maximum Gasteiger partial charge on any atom is 0.151 e. The Labute approximate surface area is 104 Å². The second-order valence-corrected chi connectivity index (χ2v) is 3.75. The molecule has 2 rings (SSSR count). The van der Waals surface area contributed by atoms with Crippen LogP contribution < -0.4 is 0 Å². The minimum absolute atomic E-state index is 0.307. The Kier molecular flexibility index (Phi) is 3.44. The molecule has 2 aromatic rings. The van der Waals surface area contributed by atoms with Crippen molar-refractivity contribution in [1.29, 1.82) is 0 Å². The number of carbonyl (C=O) groups is 3. The number of aldehydes is 3. The van der Waals surface area contributed by atoms with Gasteiger partial charge in [0.25, 0.3) is 0 Å². The summed E-state index contributed by atoms with van der Waals surface area (Å²) in [6.45, 7) is 0. The van der Waals surface area contributed by atoms with E-state index in [2.05, 4.69) is 0 Å². The van der Waals surface area contributed by atoms with Crippen molar-refractivity contribution in [3.63, 3.8) is 0 Å². The lowest BCUT2D eigenvalue weighted by Gasteiger charge is -2.09. The molecule has 0 spiro atoms. The van der Waals surface area contributed by atoms with Gasteiger partial charge < -0.3 is 0 Å². The van der Waals surface area contributed by atoms with E-state index in [1.807, 2.05) is 0 Å². The molecule has 0 N–H and O–H groups in total. The third kappa shape index (κ3) is 1.98. The summed E-state index contributed by atoms with van der Waals surface area (Å²) >= 11 is 0. The fourth-order valence-corrected chi connectivity index (χ4v) is 1.90. The van der Waals surface area contributed by atoms with Crippen LogP contribution >= 0.6 is 0 Å². The molecule has 3 nitrogen and oxygen atoms in total. The highest BCUT2D eigenvalue weighted by Gasteiger charge is 2.11. The maximum absolute atomic E-state index is 11.1. The molecule has 0 radical (unpaired) electrons. The normalized spacial score (nSPS) is 9.78. The predicted octanol–water partition coefficient (Wildman–Crippen LogP) is 2.79. The summed E-state index contributed by atoms with van der Waals surface area (Å²) in [6.07, 6.45) is 2.01. The van der Waals surface area contributed by atoms with Crippen molar-refractivity contribution in [2.24, 2.45) is 0 Å². The molecule has 0 aromatic heterocycles. The Balaban J connectivity index is 2.74. The molecule has 0 amide bonds. The molecule has 3 heteroatoms. The van der Waals surface area contributed by atoms with Crippen LogP contribution in [0.1, 0.15) is 31.1 Å². The number of carbonyl (C=O) groups excluding carboxylic acids is 3. The zero-order chi connectivity index (χ0) is 13.0. The molecule has 0 heterocycles. The topological polar surface area (TPSA) is 51.2 Å². The quantitative estimate of drug-likeness (QED) is 0.769. The van der Waals surface area contributed by atoms with Crippen LogP contribution in [0, 0.1) is 0 Å². The molecule has 0 aliphatic carbocycles. The lowest BCUT2D eigenvalue weighted by Crippen LogP contribution is -1.96. The molecule has 88 valence electrons. The van der Waals surface area contributed by atoms with Crippen molar-refractivity contribution in [3.05, 3.63) is 59.2 Å². The van der Waals surface area contributed by atoms with Gasteiger partial charge in [0, 0.05) is 16.7 Å². The third-order valence-corrected chi connectivity index (χ3v) is 2.76. The van der Waals surface area contributed by atoms with Gasteiger partial charge in [0.05, 0.1) is 0 Å². The van der Waals surface area contributed by atoms with Crippen LogP contribution in [-0.2, 0) is 0 Å². The molecular weight excluding hydrogens is 228 g/mol. The van der Waals surface area contributed by atoms with Crippen molar-refractivity contribution in [3.8, 4) is 11.1 Å². The van der Waals surface area contributed by atoms with Gasteiger partial charge in [0.1, 0.15) is 0 Å². The van der Waals surface area contributed by atoms with Gasteiger partial charge in [-0.05, 0) is 11.1 Å². The Hall–Kier alpha value is -2.55. The molecule has 0 aliphatic rings. The van der Waals surface area contributed by atoms with Gasteiger partial charge in [-0.15, -0.1) is 0 Å². The minimum Gasteiger partial charge on any atom is -0.298 e. The first kappa shape index (κ1) is 11.9. The van der Waals surface area contributed by atoms with Crippen molar-refractivity contribution in [2.45, 2.75) is 0 Å². The molecule has 0 aliphatic heterocycles. The number of hydrogen-bond acceptors (Lipinski definition) is 3. The van der Waals surface area contributed by atoms with Gasteiger partial charge in [-0.3, -0.25) is 14.4 Å². The largest absolute Gasteiger partial charge is 0.298 e. The molecule has 2 aromatic carbocycles. The van der Waals surface area contributed by atoms with Crippen LogP contribution in [0.3, 0.4) is 0 Å². The highest BCUT2D eigenvalue weighted by atomic mass is 16.1. The summed E-state index contributed by atoms with van der Waals surface area (Å²) in [4.78, 5) is 33.0. The Morgan fingerprint density at radius 3 is 1.89 bits per heavy atom. The van der Waals surface area contributed by atoms with Gasteiger partial charge in [0.2, 0.25) is 0 Å². The first-order valence-corrected chi connectivity index (χ1v) is 5.39. The fourth-order valence-electron chi connectivity index (χ4n) is 1.90. The van der Waals surface area contributed by atoms with Crippen molar-refractivity contribution in [1.82, 2.24) is 0 Å². The summed E-state index contributed by atoms with van der Waals surface area (Å²) in [5, 5.41) is 0. The Morgan fingerprint density at radius 2 is 1.22 bits per heavy atom. The average Bonchev–Trinajstić information content (AvgIpc) is 2.46. The van der Waals surface area contributed by atoms with Crippen LogP contribution in [0.4, 0.5) is 0 Å². The van der Waals surface area contributed by atoms with Gasteiger partial charge in [-0.1, -0.05) is 42.5 Å². The Morgan fingerprint density at radius 1 is 0.611 bits per heavy atom. The van der Waals surface area contributed by atoms with E-state index in [0.29, 0.717) is 40.4 Å². The second kappa shape index (κ2) is 5.19. The molecule has 0 unspecified atom stereocenters. The summed E-state index contributed by atoms with van der Waals surface area (Å²) in [5.74, 6) is 0. The minimum atomic E-state index is 0.307. The predicted molar refractivity (Wildman–Crippen MR) is 68.0 cm³/mol.